The standard InChI is InChI=1S/C9H13.C4H10N.C2H7Si.2ClH.Hf/c1-6-5-7(2)9(4)8(6)3;1-3-4(2)5;1-3-2;;;/h6H,1-4H3;4-5H,3H2,1-2H3;3H,1-2H3;2*1H;/q2*-1;;;;+4/p-2. The SMILES string of the molecule is CC1=[C-]C(C)C(C)=C1C.CCC(C)[NH-].C[SiH]C.[Cl-].[Cl-].[Hf+4]. The van der Waals surface area contributed by atoms with E-state index in [-0.39, 0.29) is 56.7 Å². The fraction of sp³-hybridized carbons (Fsp3) is 0.733. The first-order valence-corrected chi connectivity index (χ1v) is 8.85. The topological polar surface area (TPSA) is 23.8 Å². The molecule has 0 heterocycles. The van der Waals surface area contributed by atoms with E-state index in [9.17, 15) is 0 Å². The molecule has 2 unspecified atom stereocenters. The Labute approximate surface area is 161 Å². The molecule has 2 atom stereocenters. The van der Waals surface area contributed by atoms with Crippen LogP contribution in [0.25, 0.3) is 5.73 Å². The van der Waals surface area contributed by atoms with Gasteiger partial charge < -0.3 is 30.5 Å². The summed E-state index contributed by atoms with van der Waals surface area (Å²) in [6.07, 6.45) is 4.33. The number of allylic oxidation sites excluding steroid dienone is 4. The first-order valence-electron chi connectivity index (χ1n) is 6.54. The van der Waals surface area contributed by atoms with Gasteiger partial charge in [0, 0.05) is 9.52 Å². The zero-order valence-corrected chi connectivity index (χ0v) is 20.5. The summed E-state index contributed by atoms with van der Waals surface area (Å²) in [6, 6.07) is 0.134. The maximum atomic E-state index is 6.83. The monoisotopic (exact) mass is 502 g/mol. The van der Waals surface area contributed by atoms with E-state index in [1.165, 1.54) is 16.7 Å². The molecule has 0 aliphatic heterocycles. The van der Waals surface area contributed by atoms with Gasteiger partial charge in [0.2, 0.25) is 0 Å². The largest absolute Gasteiger partial charge is 4.00 e. The molecule has 0 spiro atoms. The Kier molecular flexibility index (Phi) is 33.1. The molecule has 0 aromatic carbocycles. The van der Waals surface area contributed by atoms with Crippen LogP contribution in [0.15, 0.2) is 16.7 Å². The Morgan fingerprint density at radius 1 is 1.20 bits per heavy atom. The van der Waals surface area contributed by atoms with Gasteiger partial charge >= 0.3 is 25.8 Å². The molecule has 0 fully saturated rings. The third-order valence-corrected chi connectivity index (χ3v) is 2.85. The van der Waals surface area contributed by atoms with Gasteiger partial charge in [0.25, 0.3) is 0 Å². The summed E-state index contributed by atoms with van der Waals surface area (Å²) in [5.41, 5.74) is 11.1. The Balaban J connectivity index is -0.0000000601. The number of nitrogens with one attached hydrogen (secondary N) is 1. The average Bonchev–Trinajstić information content (AvgIpc) is 2.48. The summed E-state index contributed by atoms with van der Waals surface area (Å²) < 4.78 is 0. The first kappa shape index (κ1) is 32.9. The Morgan fingerprint density at radius 2 is 1.50 bits per heavy atom. The summed E-state index contributed by atoms with van der Waals surface area (Å²) in [5.74, 6) is 0.560. The summed E-state index contributed by atoms with van der Waals surface area (Å²) >= 11 is 0. The smallest absolute Gasteiger partial charge is 1.00 e. The molecule has 1 aliphatic carbocycles. The molecule has 0 aromatic heterocycles. The number of hydrogen-bond acceptors (Lipinski definition) is 0. The van der Waals surface area contributed by atoms with Gasteiger partial charge in [0.1, 0.15) is 0 Å². The van der Waals surface area contributed by atoms with Gasteiger partial charge in [-0.15, -0.1) is 13.0 Å². The van der Waals surface area contributed by atoms with E-state index in [1.54, 1.807) is 0 Å². The molecule has 0 saturated carbocycles. The van der Waals surface area contributed by atoms with Gasteiger partial charge in [0.15, 0.2) is 0 Å². The molecule has 1 aliphatic rings. The second kappa shape index (κ2) is 20.1. The Morgan fingerprint density at radius 3 is 1.55 bits per heavy atom. The van der Waals surface area contributed by atoms with Crippen LogP contribution < -0.4 is 24.8 Å². The molecule has 1 radical (unpaired) electrons. The van der Waals surface area contributed by atoms with E-state index < -0.39 is 0 Å². The predicted octanol–water partition coefficient (Wildman–Crippen LogP) is -0.916. The minimum Gasteiger partial charge on any atom is -1.00 e. The second-order valence-corrected chi connectivity index (χ2v) is 5.84. The van der Waals surface area contributed by atoms with Crippen LogP contribution in [0.1, 0.15) is 48.0 Å². The van der Waals surface area contributed by atoms with Crippen molar-refractivity contribution in [3.8, 4) is 0 Å². The van der Waals surface area contributed by atoms with Crippen LogP contribution in [0.5, 0.6) is 0 Å². The van der Waals surface area contributed by atoms with E-state index in [2.05, 4.69) is 46.9 Å². The van der Waals surface area contributed by atoms with E-state index in [0.29, 0.717) is 5.92 Å². The van der Waals surface area contributed by atoms with Gasteiger partial charge in [-0.2, -0.15) is 11.1 Å². The molecule has 0 aromatic rings. The maximum absolute atomic E-state index is 6.83. The van der Waals surface area contributed by atoms with Crippen LogP contribution in [-0.2, 0) is 25.8 Å². The number of halogens is 2. The molecule has 1 nitrogen and oxygen atoms in total. The van der Waals surface area contributed by atoms with Crippen molar-refractivity contribution in [2.24, 2.45) is 5.92 Å². The predicted molar refractivity (Wildman–Crippen MR) is 82.9 cm³/mol. The third-order valence-electron chi connectivity index (χ3n) is 2.85. The zero-order chi connectivity index (χ0) is 14.0. The number of hydrogen-bond donors (Lipinski definition) is 0. The van der Waals surface area contributed by atoms with Gasteiger partial charge in [-0.1, -0.05) is 60.1 Å². The molecule has 0 amide bonds. The molecule has 0 bridgehead atoms. The van der Waals surface area contributed by atoms with Crippen molar-refractivity contribution in [1.82, 2.24) is 0 Å². The van der Waals surface area contributed by atoms with Gasteiger partial charge in [-0.3, -0.25) is 6.08 Å². The minimum atomic E-state index is 0. The quantitative estimate of drug-likeness (QED) is 0.328. The van der Waals surface area contributed by atoms with Crippen LogP contribution >= 0.6 is 0 Å². The summed E-state index contributed by atoms with van der Waals surface area (Å²) in [4.78, 5) is 0. The normalized spacial score (nSPS) is 16.9. The van der Waals surface area contributed by atoms with Crippen molar-refractivity contribution in [3.63, 3.8) is 0 Å². The van der Waals surface area contributed by atoms with Crippen LogP contribution in [0.4, 0.5) is 0 Å². The van der Waals surface area contributed by atoms with E-state index in [0.717, 1.165) is 15.9 Å². The Bertz CT molecular complexity index is 267. The molecule has 1 N–H and O–H groups in total. The molecule has 0 saturated heterocycles. The average molecular weight is 502 g/mol. The molecular weight excluding hydrogens is 472 g/mol. The van der Waals surface area contributed by atoms with Crippen molar-refractivity contribution in [3.05, 3.63) is 28.5 Å². The molecule has 20 heavy (non-hydrogen) atoms. The van der Waals surface area contributed by atoms with Crippen molar-refractivity contribution < 1.29 is 50.7 Å². The fourth-order valence-electron chi connectivity index (χ4n) is 1.16. The van der Waals surface area contributed by atoms with Gasteiger partial charge in [0.05, 0.1) is 0 Å². The summed E-state index contributed by atoms with van der Waals surface area (Å²) in [6.45, 7) is 17.0. The molecule has 117 valence electrons. The van der Waals surface area contributed by atoms with E-state index in [1.807, 2.05) is 13.8 Å². The number of rotatable bonds is 1. The Hall–Kier alpha value is 1.11. The van der Waals surface area contributed by atoms with Gasteiger partial charge in [-0.25, -0.2) is 5.57 Å². The van der Waals surface area contributed by atoms with Crippen molar-refractivity contribution in [2.75, 3.05) is 0 Å². The van der Waals surface area contributed by atoms with Crippen molar-refractivity contribution >= 4 is 9.52 Å². The zero-order valence-electron chi connectivity index (χ0n) is 14.2. The van der Waals surface area contributed by atoms with E-state index >= 15 is 0 Å². The second-order valence-electron chi connectivity index (χ2n) is 4.69. The van der Waals surface area contributed by atoms with Crippen molar-refractivity contribution in [1.29, 1.82) is 0 Å². The molecular formula is C15H30Cl2HfNSi. The van der Waals surface area contributed by atoms with E-state index in [4.69, 9.17) is 5.73 Å². The van der Waals surface area contributed by atoms with Crippen LogP contribution in [0.3, 0.4) is 0 Å². The minimum absolute atomic E-state index is 0. The summed E-state index contributed by atoms with van der Waals surface area (Å²) in [7, 11) is 0.750. The molecule has 1 rings (SSSR count). The third kappa shape index (κ3) is 17.2. The van der Waals surface area contributed by atoms with Crippen LogP contribution in [0.2, 0.25) is 13.1 Å². The summed E-state index contributed by atoms with van der Waals surface area (Å²) in [5, 5.41) is 0. The van der Waals surface area contributed by atoms with Crippen LogP contribution in [-0.4, -0.2) is 15.6 Å². The van der Waals surface area contributed by atoms with Crippen molar-refractivity contribution in [2.45, 2.75) is 67.1 Å². The fourth-order valence-corrected chi connectivity index (χ4v) is 1.16. The van der Waals surface area contributed by atoms with Gasteiger partial charge in [-0.05, 0) is 0 Å². The first-order chi connectivity index (χ1) is 7.81. The molecule has 5 heteroatoms. The maximum Gasteiger partial charge on any atom is 4.00 e. The van der Waals surface area contributed by atoms with Crippen LogP contribution in [0, 0.1) is 12.0 Å².